The molecule has 0 spiro atoms. The lowest BCUT2D eigenvalue weighted by atomic mass is 10.1. The number of benzene rings is 2. The zero-order valence-electron chi connectivity index (χ0n) is 14.5. The van der Waals surface area contributed by atoms with Crippen LogP contribution in [0.1, 0.15) is 5.56 Å². The van der Waals surface area contributed by atoms with Gasteiger partial charge in [0.15, 0.2) is 10.1 Å². The van der Waals surface area contributed by atoms with Crippen molar-refractivity contribution in [2.75, 3.05) is 21.2 Å². The summed E-state index contributed by atoms with van der Waals surface area (Å²) in [7, 11) is 0.0373. The first-order valence-electron chi connectivity index (χ1n) is 7.40. The number of quaternary nitrogens is 1. The molecule has 0 aliphatic heterocycles. The van der Waals surface area contributed by atoms with E-state index in [0.717, 1.165) is 16.8 Å². The van der Waals surface area contributed by atoms with Gasteiger partial charge in [-0.2, -0.15) is 13.2 Å². The molecule has 0 amide bonds. The Morgan fingerprint density at radius 3 is 1.85 bits per heavy atom. The van der Waals surface area contributed by atoms with Crippen molar-refractivity contribution in [3.05, 3.63) is 60.2 Å². The van der Waals surface area contributed by atoms with Crippen molar-refractivity contribution < 1.29 is 30.9 Å². The van der Waals surface area contributed by atoms with Gasteiger partial charge >= 0.3 is 5.51 Å². The molecule has 0 saturated carbocycles. The molecule has 2 aromatic rings. The van der Waals surface area contributed by atoms with Crippen LogP contribution >= 0.6 is 0 Å². The van der Waals surface area contributed by atoms with E-state index in [4.69, 9.17) is 17.7 Å². The van der Waals surface area contributed by atoms with E-state index in [1.165, 1.54) is 11.3 Å². The largest absolute Gasteiger partial charge is 0.741 e. The molecule has 0 unspecified atom stereocenters. The second-order valence-electron chi connectivity index (χ2n) is 5.93. The van der Waals surface area contributed by atoms with E-state index in [-0.39, 0.29) is 0 Å². The molecule has 0 fully saturated rings. The van der Waals surface area contributed by atoms with Gasteiger partial charge in [-0.05, 0) is 12.1 Å². The summed E-state index contributed by atoms with van der Waals surface area (Å²) in [6.45, 7) is 0.979. The van der Waals surface area contributed by atoms with Crippen LogP contribution in [0.25, 0.3) is 0 Å². The zero-order valence-corrected chi connectivity index (χ0v) is 15.3. The van der Waals surface area contributed by atoms with Gasteiger partial charge < -0.3 is 9.29 Å². The number of methoxy groups -OCH3 is 1. The first-order valence-corrected chi connectivity index (χ1v) is 8.81. The predicted molar refractivity (Wildman–Crippen MR) is 92.5 cm³/mol. The lowest BCUT2D eigenvalue weighted by Gasteiger charge is -2.29. The molecular weight excluding hydrogens is 371 g/mol. The van der Waals surface area contributed by atoms with Gasteiger partial charge in [-0.1, -0.05) is 30.3 Å². The number of halogens is 3. The van der Waals surface area contributed by atoms with Gasteiger partial charge in [0.05, 0.1) is 21.2 Å². The van der Waals surface area contributed by atoms with Crippen LogP contribution in [0.3, 0.4) is 0 Å². The van der Waals surface area contributed by atoms with Gasteiger partial charge in [-0.3, -0.25) is 4.48 Å². The summed E-state index contributed by atoms with van der Waals surface area (Å²) in [4.78, 5) is 0. The standard InChI is InChI=1S/C16H20NO.CHF3O3S/c1-17(2,13-14-7-5-4-6-8-14)15-9-11-16(18-3)12-10-15;2-1(3,4)8(5,6)7/h4-12H,13H2,1-3H3;(H,5,6,7)/q+1;/p-1. The smallest absolute Gasteiger partial charge is 0.485 e. The summed E-state index contributed by atoms with van der Waals surface area (Å²) in [5.74, 6) is 0.901. The Morgan fingerprint density at radius 1 is 1.00 bits per heavy atom. The van der Waals surface area contributed by atoms with Gasteiger partial charge in [-0.15, -0.1) is 0 Å². The minimum absolute atomic E-state index is 0.827. The number of ether oxygens (including phenoxy) is 1. The monoisotopic (exact) mass is 391 g/mol. The predicted octanol–water partition coefficient (Wildman–Crippen LogP) is 3.51. The van der Waals surface area contributed by atoms with E-state index in [2.05, 4.69) is 56.6 Å². The minimum atomic E-state index is -6.09. The highest BCUT2D eigenvalue weighted by Gasteiger charge is 2.36. The highest BCUT2D eigenvalue weighted by molar-refractivity contribution is 7.86. The molecule has 0 aliphatic carbocycles. The normalized spacial score (nSPS) is 12.1. The summed E-state index contributed by atoms with van der Waals surface area (Å²) in [5, 5.41) is 0. The van der Waals surface area contributed by atoms with Crippen LogP contribution in [0.15, 0.2) is 54.6 Å². The maximum atomic E-state index is 10.7. The first-order chi connectivity index (χ1) is 11.9. The average Bonchev–Trinajstić information content (AvgIpc) is 2.54. The first kappa shape index (κ1) is 21.9. The van der Waals surface area contributed by atoms with Gasteiger partial charge in [-0.25, -0.2) is 8.42 Å². The lowest BCUT2D eigenvalue weighted by Crippen LogP contribution is -2.39. The highest BCUT2D eigenvalue weighted by Crippen LogP contribution is 2.24. The van der Waals surface area contributed by atoms with Gasteiger partial charge in [0.25, 0.3) is 0 Å². The van der Waals surface area contributed by atoms with Crippen LogP contribution in [0, 0.1) is 0 Å². The van der Waals surface area contributed by atoms with Crippen LogP contribution in [0.4, 0.5) is 18.9 Å². The molecule has 144 valence electrons. The Labute approximate surface area is 151 Å². The summed E-state index contributed by atoms with van der Waals surface area (Å²) < 4.78 is 64.9. The maximum Gasteiger partial charge on any atom is 0.485 e. The molecule has 0 atom stereocenters. The molecule has 2 aromatic carbocycles. The molecule has 2 rings (SSSR count). The van der Waals surface area contributed by atoms with Crippen molar-refractivity contribution in [2.24, 2.45) is 0 Å². The van der Waals surface area contributed by atoms with Gasteiger partial charge in [0.1, 0.15) is 18.0 Å². The number of hydrogen-bond acceptors (Lipinski definition) is 4. The van der Waals surface area contributed by atoms with Crippen molar-refractivity contribution in [2.45, 2.75) is 12.1 Å². The van der Waals surface area contributed by atoms with Crippen molar-refractivity contribution in [3.63, 3.8) is 0 Å². The van der Waals surface area contributed by atoms with Crippen molar-refractivity contribution in [1.82, 2.24) is 4.48 Å². The topological polar surface area (TPSA) is 66.4 Å². The highest BCUT2D eigenvalue weighted by atomic mass is 32.2. The molecule has 0 aromatic heterocycles. The third-order valence-electron chi connectivity index (χ3n) is 3.48. The Balaban J connectivity index is 0.000000359. The molecule has 9 heteroatoms. The number of hydrogen-bond donors (Lipinski definition) is 0. The minimum Gasteiger partial charge on any atom is -0.741 e. The Morgan fingerprint density at radius 2 is 1.46 bits per heavy atom. The second-order valence-corrected chi connectivity index (χ2v) is 7.30. The molecular formula is C17H20F3NO4S. The summed E-state index contributed by atoms with van der Waals surface area (Å²) in [5.41, 5.74) is -3.02. The quantitative estimate of drug-likeness (QED) is 0.454. The lowest BCUT2D eigenvalue weighted by molar-refractivity contribution is -0.0517. The van der Waals surface area contributed by atoms with Crippen molar-refractivity contribution >= 4 is 15.8 Å². The Bertz CT molecular complexity index is 789. The van der Waals surface area contributed by atoms with E-state index < -0.39 is 15.6 Å². The van der Waals surface area contributed by atoms with Crippen molar-refractivity contribution in [3.8, 4) is 5.75 Å². The molecule has 0 heterocycles. The molecule has 0 aliphatic rings. The van der Waals surface area contributed by atoms with Crippen LogP contribution < -0.4 is 9.22 Å². The van der Waals surface area contributed by atoms with E-state index >= 15 is 0 Å². The van der Waals surface area contributed by atoms with Crippen LogP contribution in [-0.4, -0.2) is 39.7 Å². The van der Waals surface area contributed by atoms with E-state index in [1.807, 2.05) is 12.1 Å². The van der Waals surface area contributed by atoms with Crippen LogP contribution in [-0.2, 0) is 16.7 Å². The van der Waals surface area contributed by atoms with Crippen molar-refractivity contribution in [1.29, 1.82) is 0 Å². The summed E-state index contributed by atoms with van der Waals surface area (Å²) in [6.07, 6.45) is 0. The SMILES string of the molecule is COc1ccc([N+](C)(C)Cc2ccccc2)cc1.O=S(=O)([O-])C(F)(F)F. The Hall–Kier alpha value is -2.10. The number of rotatable bonds is 4. The zero-order chi connectivity index (χ0) is 20.0. The maximum absolute atomic E-state index is 10.7. The summed E-state index contributed by atoms with van der Waals surface area (Å²) >= 11 is 0. The van der Waals surface area contributed by atoms with Gasteiger partial charge in [0, 0.05) is 17.7 Å². The number of alkyl halides is 3. The van der Waals surface area contributed by atoms with Gasteiger partial charge in [0.2, 0.25) is 0 Å². The fourth-order valence-electron chi connectivity index (χ4n) is 2.12. The molecule has 5 nitrogen and oxygen atoms in total. The molecule has 26 heavy (non-hydrogen) atoms. The molecule has 0 saturated heterocycles. The summed E-state index contributed by atoms with van der Waals surface area (Å²) in [6, 6.07) is 18.8. The van der Waals surface area contributed by atoms with E-state index in [9.17, 15) is 13.2 Å². The third kappa shape index (κ3) is 6.66. The Kier molecular flexibility index (Phi) is 7.19. The number of nitrogens with zero attached hydrogens (tertiary/aromatic N) is 1. The molecule has 0 radical (unpaired) electrons. The van der Waals surface area contributed by atoms with E-state index in [0.29, 0.717) is 0 Å². The third-order valence-corrected chi connectivity index (χ3v) is 4.04. The van der Waals surface area contributed by atoms with E-state index in [1.54, 1.807) is 7.11 Å². The second kappa shape index (κ2) is 8.52. The van der Waals surface area contributed by atoms with Crippen LogP contribution in [0.2, 0.25) is 0 Å². The fraction of sp³-hybridized carbons (Fsp3) is 0.294. The fourth-order valence-corrected chi connectivity index (χ4v) is 2.12. The van der Waals surface area contributed by atoms with Crippen LogP contribution in [0.5, 0.6) is 5.75 Å². The average molecular weight is 391 g/mol. The molecule has 0 bridgehead atoms. The molecule has 0 N–H and O–H groups in total.